The molecule has 1 heterocycles. The van der Waals surface area contributed by atoms with E-state index < -0.39 is 0 Å². The number of carbonyl (C=O) groups excluding carboxylic acids is 2. The minimum absolute atomic E-state index is 0.0163. The van der Waals surface area contributed by atoms with Crippen molar-refractivity contribution in [2.75, 3.05) is 17.6 Å². The summed E-state index contributed by atoms with van der Waals surface area (Å²) < 4.78 is 1.09. The van der Waals surface area contributed by atoms with Crippen molar-refractivity contribution < 1.29 is 9.59 Å². The third-order valence-electron chi connectivity index (χ3n) is 3.03. The summed E-state index contributed by atoms with van der Waals surface area (Å²) in [5.41, 5.74) is 2.83. The molecule has 2 rings (SSSR count). The van der Waals surface area contributed by atoms with Gasteiger partial charge in [-0.25, -0.2) is 0 Å². The Balaban J connectivity index is 1.76. The predicted octanol–water partition coefficient (Wildman–Crippen LogP) is 3.21. The minimum atomic E-state index is -0.216. The number of nitrogens with one attached hydrogen (secondary N) is 2. The summed E-state index contributed by atoms with van der Waals surface area (Å²) in [6.07, 6.45) is 0. The monoisotopic (exact) mass is 334 g/mol. The Bertz CT molecular complexity index is 634. The molecule has 0 radical (unpaired) electrons. The van der Waals surface area contributed by atoms with Gasteiger partial charge in [-0.1, -0.05) is 24.3 Å². The van der Waals surface area contributed by atoms with Crippen LogP contribution in [0, 0.1) is 13.8 Å². The number of carbonyl (C=O) groups is 2. The van der Waals surface area contributed by atoms with Gasteiger partial charge in [0.25, 0.3) is 0 Å². The largest absolute Gasteiger partial charge is 0.346 e. The number of hydrogen-bond acceptors (Lipinski definition) is 4. The van der Waals surface area contributed by atoms with E-state index in [1.54, 1.807) is 11.3 Å². The Labute approximate surface area is 138 Å². The van der Waals surface area contributed by atoms with Crippen LogP contribution in [0.25, 0.3) is 0 Å². The molecule has 1 aromatic carbocycles. The molecular weight excluding hydrogens is 316 g/mol. The van der Waals surface area contributed by atoms with Crippen LogP contribution in [0.2, 0.25) is 0 Å². The summed E-state index contributed by atoms with van der Waals surface area (Å²) in [4.78, 5) is 23.6. The van der Waals surface area contributed by atoms with Crippen molar-refractivity contribution in [3.63, 3.8) is 0 Å². The van der Waals surface area contributed by atoms with Gasteiger partial charge in [0.05, 0.1) is 16.5 Å². The fourth-order valence-electron chi connectivity index (χ4n) is 1.91. The number of amides is 2. The second kappa shape index (κ2) is 8.00. The van der Waals surface area contributed by atoms with Crippen LogP contribution in [-0.4, -0.2) is 24.1 Å². The van der Waals surface area contributed by atoms with Crippen LogP contribution in [0.15, 0.2) is 39.9 Å². The molecule has 116 valence electrons. The van der Waals surface area contributed by atoms with E-state index in [-0.39, 0.29) is 18.4 Å². The molecule has 1 aromatic heterocycles. The van der Waals surface area contributed by atoms with E-state index in [0.29, 0.717) is 5.75 Å². The Kier molecular flexibility index (Phi) is 6.03. The second-order valence-corrected chi connectivity index (χ2v) is 7.04. The summed E-state index contributed by atoms with van der Waals surface area (Å²) in [5.74, 6) is -0.0427. The van der Waals surface area contributed by atoms with Gasteiger partial charge in [-0.05, 0) is 36.4 Å². The maximum absolute atomic E-state index is 11.9. The minimum Gasteiger partial charge on any atom is -0.346 e. The number of hydrogen-bond donors (Lipinski definition) is 2. The zero-order valence-corrected chi connectivity index (χ0v) is 14.1. The summed E-state index contributed by atoms with van der Waals surface area (Å²) in [6.45, 7) is 3.87. The van der Waals surface area contributed by atoms with Crippen LogP contribution in [0.5, 0.6) is 0 Å². The van der Waals surface area contributed by atoms with Crippen LogP contribution >= 0.6 is 23.1 Å². The molecule has 0 aliphatic rings. The molecule has 0 spiro atoms. The molecule has 22 heavy (non-hydrogen) atoms. The van der Waals surface area contributed by atoms with E-state index in [1.165, 1.54) is 11.8 Å². The van der Waals surface area contributed by atoms with E-state index in [1.807, 2.05) is 49.6 Å². The third-order valence-corrected chi connectivity index (χ3v) is 5.16. The van der Waals surface area contributed by atoms with Crippen molar-refractivity contribution in [3.05, 3.63) is 46.8 Å². The number of anilines is 1. The first-order valence-corrected chi connectivity index (χ1v) is 8.72. The van der Waals surface area contributed by atoms with E-state index in [9.17, 15) is 9.59 Å². The molecule has 2 amide bonds. The van der Waals surface area contributed by atoms with Gasteiger partial charge in [-0.2, -0.15) is 0 Å². The number of thiophene rings is 1. The Morgan fingerprint density at radius 3 is 2.45 bits per heavy atom. The topological polar surface area (TPSA) is 58.2 Å². The van der Waals surface area contributed by atoms with Gasteiger partial charge in [0.15, 0.2) is 0 Å². The van der Waals surface area contributed by atoms with Crippen molar-refractivity contribution in [3.8, 4) is 0 Å². The first kappa shape index (κ1) is 16.6. The fraction of sp³-hybridized carbons (Fsp3) is 0.250. The highest BCUT2D eigenvalue weighted by Gasteiger charge is 2.09. The lowest BCUT2D eigenvalue weighted by atomic mass is 10.1. The van der Waals surface area contributed by atoms with Crippen LogP contribution in [0.4, 0.5) is 5.69 Å². The zero-order chi connectivity index (χ0) is 15.9. The van der Waals surface area contributed by atoms with E-state index in [0.717, 1.165) is 21.0 Å². The smallest absolute Gasteiger partial charge is 0.243 e. The molecule has 0 saturated carbocycles. The van der Waals surface area contributed by atoms with Gasteiger partial charge in [-0.15, -0.1) is 23.1 Å². The maximum atomic E-state index is 11.9. The molecule has 0 unspecified atom stereocenters. The molecule has 0 aliphatic carbocycles. The van der Waals surface area contributed by atoms with Gasteiger partial charge in [0.1, 0.15) is 0 Å². The lowest BCUT2D eigenvalue weighted by Crippen LogP contribution is -2.34. The van der Waals surface area contributed by atoms with Crippen LogP contribution in [-0.2, 0) is 9.59 Å². The van der Waals surface area contributed by atoms with E-state index >= 15 is 0 Å². The lowest BCUT2D eigenvalue weighted by Gasteiger charge is -2.11. The van der Waals surface area contributed by atoms with Crippen LogP contribution < -0.4 is 10.6 Å². The summed E-state index contributed by atoms with van der Waals surface area (Å²) in [7, 11) is 0. The number of aryl methyl sites for hydroxylation is 2. The highest BCUT2D eigenvalue weighted by molar-refractivity contribution is 8.01. The van der Waals surface area contributed by atoms with Gasteiger partial charge >= 0.3 is 0 Å². The molecule has 0 saturated heterocycles. The first-order chi connectivity index (χ1) is 10.6. The van der Waals surface area contributed by atoms with Gasteiger partial charge in [0.2, 0.25) is 11.8 Å². The number of thioether (sulfide) groups is 1. The van der Waals surface area contributed by atoms with Crippen molar-refractivity contribution >= 4 is 40.6 Å². The molecule has 0 bridgehead atoms. The molecule has 0 atom stereocenters. The fourth-order valence-corrected chi connectivity index (χ4v) is 3.52. The van der Waals surface area contributed by atoms with Crippen molar-refractivity contribution in [2.24, 2.45) is 0 Å². The van der Waals surface area contributed by atoms with Crippen molar-refractivity contribution in [1.82, 2.24) is 5.32 Å². The van der Waals surface area contributed by atoms with Crippen molar-refractivity contribution in [2.45, 2.75) is 18.1 Å². The summed E-state index contributed by atoms with van der Waals surface area (Å²) >= 11 is 3.07. The number of benzene rings is 1. The van der Waals surface area contributed by atoms with Gasteiger partial charge in [0, 0.05) is 5.69 Å². The molecule has 2 N–H and O–H groups in total. The molecule has 2 aromatic rings. The number of para-hydroxylation sites is 1. The molecule has 0 fully saturated rings. The molecular formula is C16H18N2O2S2. The number of rotatable bonds is 6. The summed E-state index contributed by atoms with van der Waals surface area (Å²) in [6, 6.07) is 9.75. The average Bonchev–Trinajstić information content (AvgIpc) is 3.00. The average molecular weight is 334 g/mol. The van der Waals surface area contributed by atoms with E-state index in [2.05, 4.69) is 10.6 Å². The van der Waals surface area contributed by atoms with Crippen molar-refractivity contribution in [1.29, 1.82) is 0 Å². The molecule has 0 aliphatic heterocycles. The highest BCUT2D eigenvalue weighted by atomic mass is 32.2. The SMILES string of the molecule is Cc1cccc(C)c1NC(=O)CNC(=O)CSc1cccs1. The first-order valence-electron chi connectivity index (χ1n) is 6.85. The highest BCUT2D eigenvalue weighted by Crippen LogP contribution is 2.22. The van der Waals surface area contributed by atoms with Crippen LogP contribution in [0.1, 0.15) is 11.1 Å². The van der Waals surface area contributed by atoms with Crippen LogP contribution in [0.3, 0.4) is 0 Å². The van der Waals surface area contributed by atoms with Gasteiger partial charge in [-0.3, -0.25) is 9.59 Å². The maximum Gasteiger partial charge on any atom is 0.243 e. The zero-order valence-electron chi connectivity index (χ0n) is 12.5. The second-order valence-electron chi connectivity index (χ2n) is 4.81. The molecule has 6 heteroatoms. The predicted molar refractivity (Wildman–Crippen MR) is 92.6 cm³/mol. The molecule has 4 nitrogen and oxygen atoms in total. The quantitative estimate of drug-likeness (QED) is 0.798. The lowest BCUT2D eigenvalue weighted by molar-refractivity contribution is -0.122. The van der Waals surface area contributed by atoms with E-state index in [4.69, 9.17) is 0 Å². The summed E-state index contributed by atoms with van der Waals surface area (Å²) in [5, 5.41) is 7.45. The third kappa shape index (κ3) is 4.89. The normalized spacial score (nSPS) is 10.3. The standard InChI is InChI=1S/C16H18N2O2S2/c1-11-5-3-6-12(2)16(11)18-13(19)9-17-14(20)10-22-15-7-4-8-21-15/h3-8H,9-10H2,1-2H3,(H,17,20)(H,18,19). The Morgan fingerprint density at radius 2 is 1.82 bits per heavy atom. The van der Waals surface area contributed by atoms with Gasteiger partial charge < -0.3 is 10.6 Å². The Morgan fingerprint density at radius 1 is 1.09 bits per heavy atom. The Hall–Kier alpha value is -1.79.